The van der Waals surface area contributed by atoms with Crippen molar-refractivity contribution in [1.82, 2.24) is 10.6 Å². The van der Waals surface area contributed by atoms with Gasteiger partial charge < -0.3 is 20.5 Å². The van der Waals surface area contributed by atoms with Gasteiger partial charge in [0.05, 0.1) is 12.6 Å². The number of aliphatic hydroxyl groups excluding tert-OH is 1. The van der Waals surface area contributed by atoms with Crippen molar-refractivity contribution in [2.75, 3.05) is 13.2 Å². The predicted octanol–water partition coefficient (Wildman–Crippen LogP) is 2.93. The number of para-hydroxylation sites is 1. The van der Waals surface area contributed by atoms with Crippen LogP contribution >= 0.6 is 0 Å². The SMILES string of the molecule is Cc1ccccc1C(C)NC(=O)NCc1ccccc1OCCO. The highest BCUT2D eigenvalue weighted by molar-refractivity contribution is 5.74. The Balaban J connectivity index is 1.91. The van der Waals surface area contributed by atoms with Gasteiger partial charge in [-0.05, 0) is 31.0 Å². The van der Waals surface area contributed by atoms with Crippen LogP contribution in [0, 0.1) is 6.92 Å². The van der Waals surface area contributed by atoms with Crippen molar-refractivity contribution in [2.24, 2.45) is 0 Å². The lowest BCUT2D eigenvalue weighted by atomic mass is 10.0. The number of carbonyl (C=O) groups excluding carboxylic acids is 1. The first-order chi connectivity index (χ1) is 11.6. The maximum Gasteiger partial charge on any atom is 0.315 e. The van der Waals surface area contributed by atoms with E-state index in [9.17, 15) is 4.79 Å². The molecule has 3 N–H and O–H groups in total. The molecule has 2 aromatic carbocycles. The van der Waals surface area contributed by atoms with Crippen molar-refractivity contribution >= 4 is 6.03 Å². The number of nitrogens with one attached hydrogen (secondary N) is 2. The maximum absolute atomic E-state index is 12.1. The monoisotopic (exact) mass is 328 g/mol. The number of carbonyl (C=O) groups is 1. The third-order valence-electron chi connectivity index (χ3n) is 3.76. The number of hydrogen-bond acceptors (Lipinski definition) is 3. The standard InChI is InChI=1S/C19H24N2O3/c1-14-7-3-5-9-17(14)15(2)21-19(23)20-13-16-8-4-6-10-18(16)24-12-11-22/h3-10,15,22H,11-13H2,1-2H3,(H2,20,21,23). The van der Waals surface area contributed by atoms with E-state index in [0.29, 0.717) is 12.3 Å². The van der Waals surface area contributed by atoms with Gasteiger partial charge in [0.15, 0.2) is 0 Å². The molecule has 0 aliphatic heterocycles. The van der Waals surface area contributed by atoms with Crippen LogP contribution in [0.25, 0.3) is 0 Å². The zero-order chi connectivity index (χ0) is 17.4. The molecule has 24 heavy (non-hydrogen) atoms. The van der Waals surface area contributed by atoms with Crippen LogP contribution in [0.15, 0.2) is 48.5 Å². The van der Waals surface area contributed by atoms with Crippen LogP contribution < -0.4 is 15.4 Å². The van der Waals surface area contributed by atoms with Gasteiger partial charge in [-0.3, -0.25) is 0 Å². The number of hydrogen-bond donors (Lipinski definition) is 3. The van der Waals surface area contributed by atoms with E-state index in [2.05, 4.69) is 10.6 Å². The van der Waals surface area contributed by atoms with Gasteiger partial charge in [-0.2, -0.15) is 0 Å². The number of ether oxygens (including phenoxy) is 1. The first kappa shape index (κ1) is 17.8. The van der Waals surface area contributed by atoms with Crippen LogP contribution in [-0.2, 0) is 6.54 Å². The Labute approximate surface area is 142 Å². The molecule has 0 heterocycles. The lowest BCUT2D eigenvalue weighted by Gasteiger charge is -2.17. The van der Waals surface area contributed by atoms with Crippen molar-refractivity contribution < 1.29 is 14.6 Å². The molecule has 0 spiro atoms. The molecule has 5 nitrogen and oxygen atoms in total. The third-order valence-corrected chi connectivity index (χ3v) is 3.76. The van der Waals surface area contributed by atoms with Crippen LogP contribution in [0.4, 0.5) is 4.79 Å². The summed E-state index contributed by atoms with van der Waals surface area (Å²) in [7, 11) is 0. The number of urea groups is 1. The van der Waals surface area contributed by atoms with Crippen molar-refractivity contribution in [3.63, 3.8) is 0 Å². The molecular formula is C19H24N2O3. The molecule has 2 rings (SSSR count). The van der Waals surface area contributed by atoms with E-state index in [0.717, 1.165) is 16.7 Å². The average molecular weight is 328 g/mol. The summed E-state index contributed by atoms with van der Waals surface area (Å²) in [6.45, 7) is 4.53. The van der Waals surface area contributed by atoms with Gasteiger partial charge in [-0.25, -0.2) is 4.79 Å². The zero-order valence-corrected chi connectivity index (χ0v) is 14.1. The molecule has 1 atom stereocenters. The van der Waals surface area contributed by atoms with Crippen molar-refractivity contribution in [3.05, 3.63) is 65.2 Å². The second-order valence-corrected chi connectivity index (χ2v) is 5.59. The van der Waals surface area contributed by atoms with Gasteiger partial charge in [-0.1, -0.05) is 42.5 Å². The van der Waals surface area contributed by atoms with Gasteiger partial charge in [0.1, 0.15) is 12.4 Å². The minimum atomic E-state index is -0.234. The summed E-state index contributed by atoms with van der Waals surface area (Å²) >= 11 is 0. The third kappa shape index (κ3) is 4.99. The van der Waals surface area contributed by atoms with Gasteiger partial charge >= 0.3 is 6.03 Å². The van der Waals surface area contributed by atoms with E-state index in [1.54, 1.807) is 0 Å². The summed E-state index contributed by atoms with van der Waals surface area (Å²) in [5.74, 6) is 0.666. The lowest BCUT2D eigenvalue weighted by Crippen LogP contribution is -2.36. The van der Waals surface area contributed by atoms with Gasteiger partial charge in [0, 0.05) is 12.1 Å². The fourth-order valence-electron chi connectivity index (χ4n) is 2.52. The van der Waals surface area contributed by atoms with Crippen LogP contribution in [0.3, 0.4) is 0 Å². The number of rotatable bonds is 7. The van der Waals surface area contributed by atoms with Crippen molar-refractivity contribution in [2.45, 2.75) is 26.4 Å². The Kier molecular flexibility index (Phi) is 6.63. The van der Waals surface area contributed by atoms with E-state index in [1.807, 2.05) is 62.4 Å². The first-order valence-corrected chi connectivity index (χ1v) is 8.03. The van der Waals surface area contributed by atoms with E-state index in [1.165, 1.54) is 0 Å². The van der Waals surface area contributed by atoms with Gasteiger partial charge in [0.2, 0.25) is 0 Å². The summed E-state index contributed by atoms with van der Waals surface area (Å²) in [5.41, 5.74) is 3.11. The number of benzene rings is 2. The Bertz CT molecular complexity index is 673. The van der Waals surface area contributed by atoms with E-state index < -0.39 is 0 Å². The molecular weight excluding hydrogens is 304 g/mol. The Morgan fingerprint density at radius 3 is 2.62 bits per heavy atom. The number of aliphatic hydroxyl groups is 1. The molecule has 0 aliphatic rings. The Morgan fingerprint density at radius 2 is 1.88 bits per heavy atom. The van der Waals surface area contributed by atoms with Gasteiger partial charge in [-0.15, -0.1) is 0 Å². The van der Waals surface area contributed by atoms with Crippen LogP contribution in [0.2, 0.25) is 0 Å². The van der Waals surface area contributed by atoms with Gasteiger partial charge in [0.25, 0.3) is 0 Å². The van der Waals surface area contributed by atoms with E-state index >= 15 is 0 Å². The molecule has 2 aromatic rings. The highest BCUT2D eigenvalue weighted by Gasteiger charge is 2.11. The minimum Gasteiger partial charge on any atom is -0.491 e. The molecule has 0 saturated heterocycles. The zero-order valence-electron chi connectivity index (χ0n) is 14.1. The first-order valence-electron chi connectivity index (χ1n) is 8.03. The predicted molar refractivity (Wildman–Crippen MR) is 94.0 cm³/mol. The molecule has 0 saturated carbocycles. The van der Waals surface area contributed by atoms with Crippen molar-refractivity contribution in [3.8, 4) is 5.75 Å². The molecule has 1 unspecified atom stereocenters. The Morgan fingerprint density at radius 1 is 1.17 bits per heavy atom. The molecule has 5 heteroatoms. The summed E-state index contributed by atoms with van der Waals surface area (Å²) in [6.07, 6.45) is 0. The highest BCUT2D eigenvalue weighted by atomic mass is 16.5. The molecule has 0 fully saturated rings. The molecule has 0 aromatic heterocycles. The largest absolute Gasteiger partial charge is 0.491 e. The number of aryl methyl sites for hydroxylation is 1. The minimum absolute atomic E-state index is 0.0454. The second-order valence-electron chi connectivity index (χ2n) is 5.59. The topological polar surface area (TPSA) is 70.6 Å². The molecule has 0 aliphatic carbocycles. The lowest BCUT2D eigenvalue weighted by molar-refractivity contribution is 0.200. The summed E-state index contributed by atoms with van der Waals surface area (Å²) in [4.78, 5) is 12.1. The molecule has 2 amide bonds. The molecule has 0 radical (unpaired) electrons. The quantitative estimate of drug-likeness (QED) is 0.732. The summed E-state index contributed by atoms with van der Waals surface area (Å²) < 4.78 is 5.46. The van der Waals surface area contributed by atoms with Crippen LogP contribution in [-0.4, -0.2) is 24.4 Å². The highest BCUT2D eigenvalue weighted by Crippen LogP contribution is 2.18. The molecule has 128 valence electrons. The van der Waals surface area contributed by atoms with Crippen LogP contribution in [0.1, 0.15) is 29.7 Å². The average Bonchev–Trinajstić information content (AvgIpc) is 2.59. The fourth-order valence-corrected chi connectivity index (χ4v) is 2.52. The van der Waals surface area contributed by atoms with E-state index in [-0.39, 0.29) is 25.3 Å². The second kappa shape index (κ2) is 8.93. The van der Waals surface area contributed by atoms with Crippen molar-refractivity contribution in [1.29, 1.82) is 0 Å². The summed E-state index contributed by atoms with van der Waals surface area (Å²) in [6, 6.07) is 15.1. The molecule has 0 bridgehead atoms. The van der Waals surface area contributed by atoms with Crippen LogP contribution in [0.5, 0.6) is 5.75 Å². The Hall–Kier alpha value is -2.53. The number of amides is 2. The smallest absolute Gasteiger partial charge is 0.315 e. The maximum atomic E-state index is 12.1. The normalized spacial score (nSPS) is 11.6. The van der Waals surface area contributed by atoms with E-state index in [4.69, 9.17) is 9.84 Å². The fraction of sp³-hybridized carbons (Fsp3) is 0.316. The summed E-state index contributed by atoms with van der Waals surface area (Å²) in [5, 5.41) is 14.6.